The van der Waals surface area contributed by atoms with Crippen molar-refractivity contribution in [1.82, 2.24) is 0 Å². The van der Waals surface area contributed by atoms with E-state index in [9.17, 15) is 0 Å². The minimum Gasteiger partial charge on any atom is -0.246 e. The summed E-state index contributed by atoms with van der Waals surface area (Å²) >= 11 is 0. The second-order valence-corrected chi connectivity index (χ2v) is 1.42. The third-order valence-corrected chi connectivity index (χ3v) is 0.762. The summed E-state index contributed by atoms with van der Waals surface area (Å²) in [5.41, 5.74) is 1.14. The Balaban J connectivity index is 3.49. The lowest BCUT2D eigenvalue weighted by Crippen LogP contribution is -2.71. The quantitative estimate of drug-likeness (QED) is 0.457. The summed E-state index contributed by atoms with van der Waals surface area (Å²) < 4.78 is 0. The van der Waals surface area contributed by atoms with Gasteiger partial charge >= 0.3 is 0 Å². The molecule has 0 aliphatic heterocycles. The van der Waals surface area contributed by atoms with E-state index in [1.807, 2.05) is 13.0 Å². The van der Waals surface area contributed by atoms with Gasteiger partial charge in [0.2, 0.25) is 0 Å². The predicted molar refractivity (Wildman–Crippen MR) is 32.4 cm³/mol. The molecule has 0 saturated carbocycles. The summed E-state index contributed by atoms with van der Waals surface area (Å²) in [6.07, 6.45) is 1.81. The normalized spacial score (nSPS) is 11.4. The van der Waals surface area contributed by atoms with E-state index in [0.717, 1.165) is 12.3 Å². The van der Waals surface area contributed by atoms with Gasteiger partial charge in [0.05, 0.1) is 0 Å². The largest absolute Gasteiger partial charge is 0.246 e. The van der Waals surface area contributed by atoms with E-state index in [1.54, 1.807) is 0 Å². The van der Waals surface area contributed by atoms with Crippen molar-refractivity contribution in [3.05, 3.63) is 12.7 Å². The first kappa shape index (κ1) is 6.41. The fourth-order valence-corrected chi connectivity index (χ4v) is 0.351. The standard InChI is InChI=1S/C6H11N/c1-4-6(3)7-5-2/h4H,1,5H2,2-3H3/p+1. The number of nitrogens with one attached hydrogen (secondary N) is 1. The SMILES string of the molecule is C=CC(C)=[NH+]CC. The molecule has 0 radical (unpaired) electrons. The van der Waals surface area contributed by atoms with Gasteiger partial charge in [-0.05, 0) is 13.0 Å². The Hall–Kier alpha value is -0.590. The van der Waals surface area contributed by atoms with Crippen molar-refractivity contribution in [3.8, 4) is 0 Å². The van der Waals surface area contributed by atoms with Crippen LogP contribution in [0.4, 0.5) is 0 Å². The molecule has 0 aromatic rings. The molecule has 0 aromatic heterocycles. The van der Waals surface area contributed by atoms with Crippen molar-refractivity contribution in [2.24, 2.45) is 0 Å². The highest BCUT2D eigenvalue weighted by atomic mass is 14.7. The van der Waals surface area contributed by atoms with Gasteiger partial charge in [0.25, 0.3) is 0 Å². The number of hydrogen-bond acceptors (Lipinski definition) is 0. The zero-order chi connectivity index (χ0) is 5.70. The van der Waals surface area contributed by atoms with Crippen LogP contribution < -0.4 is 4.99 Å². The topological polar surface area (TPSA) is 14.0 Å². The molecule has 0 aromatic carbocycles. The van der Waals surface area contributed by atoms with Gasteiger partial charge in [-0.1, -0.05) is 6.58 Å². The molecule has 1 heteroatoms. The van der Waals surface area contributed by atoms with Crippen LogP contribution in [0, 0.1) is 0 Å². The highest BCUT2D eigenvalue weighted by molar-refractivity contribution is 5.86. The van der Waals surface area contributed by atoms with Crippen LogP contribution in [-0.2, 0) is 0 Å². The Morgan fingerprint density at radius 3 is 2.57 bits per heavy atom. The Kier molecular flexibility index (Phi) is 3.29. The first-order valence-electron chi connectivity index (χ1n) is 2.51. The highest BCUT2D eigenvalue weighted by Crippen LogP contribution is 1.57. The summed E-state index contributed by atoms with van der Waals surface area (Å²) in [5.74, 6) is 0. The van der Waals surface area contributed by atoms with Crippen LogP contribution in [0.1, 0.15) is 13.8 Å². The summed E-state index contributed by atoms with van der Waals surface area (Å²) in [5, 5.41) is 0. The van der Waals surface area contributed by atoms with Gasteiger partial charge in [0.15, 0.2) is 5.71 Å². The molecule has 0 amide bonds. The molecule has 0 aliphatic carbocycles. The fraction of sp³-hybridized carbons (Fsp3) is 0.500. The third kappa shape index (κ3) is 3.23. The van der Waals surface area contributed by atoms with Crippen molar-refractivity contribution >= 4 is 5.71 Å². The maximum Gasteiger partial charge on any atom is 0.170 e. The van der Waals surface area contributed by atoms with Gasteiger partial charge < -0.3 is 0 Å². The van der Waals surface area contributed by atoms with Gasteiger partial charge in [-0.25, -0.2) is 4.99 Å². The first-order valence-corrected chi connectivity index (χ1v) is 2.51. The van der Waals surface area contributed by atoms with Crippen molar-refractivity contribution in [1.29, 1.82) is 0 Å². The van der Waals surface area contributed by atoms with Gasteiger partial charge in [0, 0.05) is 6.92 Å². The Labute approximate surface area is 44.8 Å². The third-order valence-electron chi connectivity index (χ3n) is 0.762. The molecule has 0 bridgehead atoms. The Morgan fingerprint density at radius 1 is 1.86 bits per heavy atom. The molecule has 0 rings (SSSR count). The van der Waals surface area contributed by atoms with Gasteiger partial charge in [-0.2, -0.15) is 0 Å². The van der Waals surface area contributed by atoms with Crippen molar-refractivity contribution in [2.75, 3.05) is 6.54 Å². The Bertz CT molecular complexity index is 82.2. The lowest BCUT2D eigenvalue weighted by atomic mass is 10.4. The van der Waals surface area contributed by atoms with E-state index in [2.05, 4.69) is 18.5 Å². The molecule has 1 nitrogen and oxygen atoms in total. The van der Waals surface area contributed by atoms with E-state index in [4.69, 9.17) is 0 Å². The molecule has 1 N–H and O–H groups in total. The minimum atomic E-state index is 0.984. The van der Waals surface area contributed by atoms with Crippen molar-refractivity contribution < 1.29 is 4.99 Å². The maximum atomic E-state index is 3.58. The molecule has 0 saturated heterocycles. The van der Waals surface area contributed by atoms with Crippen LogP contribution in [0.5, 0.6) is 0 Å². The van der Waals surface area contributed by atoms with E-state index in [0.29, 0.717) is 0 Å². The van der Waals surface area contributed by atoms with E-state index >= 15 is 0 Å². The van der Waals surface area contributed by atoms with Crippen LogP contribution in [0.2, 0.25) is 0 Å². The molecule has 0 aliphatic rings. The predicted octanol–water partition coefficient (Wildman–Crippen LogP) is -0.266. The monoisotopic (exact) mass is 98.1 g/mol. The number of rotatable bonds is 2. The Morgan fingerprint density at radius 2 is 2.43 bits per heavy atom. The summed E-state index contributed by atoms with van der Waals surface area (Å²) in [7, 11) is 0. The molecule has 40 valence electrons. The molecule has 0 spiro atoms. The van der Waals surface area contributed by atoms with Crippen LogP contribution in [0.3, 0.4) is 0 Å². The lowest BCUT2D eigenvalue weighted by Gasteiger charge is -1.75. The van der Waals surface area contributed by atoms with E-state index in [-0.39, 0.29) is 0 Å². The average Bonchev–Trinajstić information content (AvgIpc) is 1.68. The molecular formula is C6H12N+. The van der Waals surface area contributed by atoms with Crippen molar-refractivity contribution in [2.45, 2.75) is 13.8 Å². The van der Waals surface area contributed by atoms with Gasteiger partial charge in [-0.15, -0.1) is 0 Å². The van der Waals surface area contributed by atoms with Crippen LogP contribution >= 0.6 is 0 Å². The second kappa shape index (κ2) is 3.59. The van der Waals surface area contributed by atoms with Crippen LogP contribution in [-0.4, -0.2) is 12.3 Å². The average molecular weight is 98.2 g/mol. The summed E-state index contributed by atoms with van der Waals surface area (Å²) in [6, 6.07) is 0. The molecule has 7 heavy (non-hydrogen) atoms. The fourth-order valence-electron chi connectivity index (χ4n) is 0.351. The number of hydrogen-bond donors (Lipinski definition) is 1. The van der Waals surface area contributed by atoms with Crippen LogP contribution in [0.15, 0.2) is 12.7 Å². The zero-order valence-electron chi connectivity index (χ0n) is 4.99. The van der Waals surface area contributed by atoms with Gasteiger partial charge in [-0.3, -0.25) is 0 Å². The molecule has 0 heterocycles. The van der Waals surface area contributed by atoms with E-state index in [1.165, 1.54) is 0 Å². The molecular weight excluding hydrogens is 86.1 g/mol. The lowest BCUT2D eigenvalue weighted by molar-refractivity contribution is -0.451. The minimum absolute atomic E-state index is 0.984. The van der Waals surface area contributed by atoms with Crippen molar-refractivity contribution in [3.63, 3.8) is 0 Å². The van der Waals surface area contributed by atoms with Gasteiger partial charge in [0.1, 0.15) is 6.54 Å². The van der Waals surface area contributed by atoms with E-state index < -0.39 is 0 Å². The number of allylic oxidation sites excluding steroid dienone is 1. The molecule has 0 unspecified atom stereocenters. The maximum absolute atomic E-state index is 3.58. The first-order chi connectivity index (χ1) is 3.31. The molecule has 0 fully saturated rings. The molecule has 0 atom stereocenters. The summed E-state index contributed by atoms with van der Waals surface area (Å²) in [6.45, 7) is 8.62. The smallest absolute Gasteiger partial charge is 0.170 e. The second-order valence-electron chi connectivity index (χ2n) is 1.42. The highest BCUT2D eigenvalue weighted by Gasteiger charge is 1.81. The zero-order valence-corrected chi connectivity index (χ0v) is 4.99. The summed E-state index contributed by atoms with van der Waals surface area (Å²) in [4.78, 5) is 3.09. The van der Waals surface area contributed by atoms with Crippen LogP contribution in [0.25, 0.3) is 0 Å².